The molecule has 20 atom stereocenters. The van der Waals surface area contributed by atoms with Crippen LogP contribution in [0.5, 0.6) is 0 Å². The predicted octanol–water partition coefficient (Wildman–Crippen LogP) is -5.43. The highest BCUT2D eigenvalue weighted by Crippen LogP contribution is 2.30. The van der Waals surface area contributed by atoms with Gasteiger partial charge in [-0.3, -0.25) is 25.3 Å². The van der Waals surface area contributed by atoms with Gasteiger partial charge in [0.25, 0.3) is 0 Å². The van der Waals surface area contributed by atoms with Crippen molar-refractivity contribution in [3.63, 3.8) is 0 Å². The summed E-state index contributed by atoms with van der Waals surface area (Å²) in [5.74, 6) is 0.604. The van der Waals surface area contributed by atoms with Gasteiger partial charge in [-0.05, 0) is 86.5 Å². The Morgan fingerprint density at radius 3 is 0.960 bits per heavy atom. The number of hydrogen-bond donors (Lipinski definition) is 17. The van der Waals surface area contributed by atoms with Gasteiger partial charge in [0.05, 0.1) is 160 Å². The predicted molar refractivity (Wildman–Crippen MR) is 421 cm³/mol. The van der Waals surface area contributed by atoms with Gasteiger partial charge in [-0.25, -0.2) is 18.7 Å². The first kappa shape index (κ1) is 100. The van der Waals surface area contributed by atoms with Crippen LogP contribution >= 0.6 is 11.8 Å². The fourth-order valence-corrected chi connectivity index (χ4v) is 13.0. The Bertz CT molecular complexity index is 3570. The van der Waals surface area contributed by atoms with Gasteiger partial charge < -0.3 is 148 Å². The maximum atomic E-state index is 10.0. The first-order valence-electron chi connectivity index (χ1n) is 39.9. The molecule has 48 heteroatoms. The van der Waals surface area contributed by atoms with E-state index in [2.05, 4.69) is 66.5 Å². The van der Waals surface area contributed by atoms with Gasteiger partial charge in [0, 0.05) is 31.4 Å². The number of aromatic nitrogens is 16. The van der Waals surface area contributed by atoms with Crippen LogP contribution in [0, 0.1) is 0 Å². The molecule has 4 fully saturated rings. The normalized spacial score (nSPS) is 26.3. The summed E-state index contributed by atoms with van der Waals surface area (Å²) in [6.07, 6.45) is -7.44. The first-order valence-corrected chi connectivity index (χ1v) is 41.0. The van der Waals surface area contributed by atoms with Crippen molar-refractivity contribution in [1.29, 1.82) is 0 Å². The Morgan fingerprint density at radius 2 is 0.621 bits per heavy atom. The van der Waals surface area contributed by atoms with E-state index in [1.165, 1.54) is 21.1 Å². The molecule has 8 aromatic rings. The Morgan fingerprint density at radius 1 is 0.315 bits per heavy atom. The topological polar surface area (TPSA) is 639 Å². The molecule has 0 saturated carbocycles. The molecular weight excluding hydrogens is 1660 g/mol. The summed E-state index contributed by atoms with van der Waals surface area (Å²) in [5, 5.41) is 189. The average Bonchev–Trinajstić information content (AvgIpc) is 0.963. The summed E-state index contributed by atoms with van der Waals surface area (Å²) in [6.45, 7) is 4.21. The maximum absolute atomic E-state index is 10.0. The largest absolute Gasteiger partial charge is 0.394 e. The van der Waals surface area contributed by atoms with Crippen LogP contribution in [0.2, 0.25) is 0 Å². The molecule has 4 saturated heterocycles. The Balaban J connectivity index is 0.000000187. The minimum atomic E-state index is -1.46. The SMILES string of the molecule is OCC1OC(NCCCOCn2cc(COCc3ccccn3)nn2)C(O)C(O)C1O.OCC1OC(OCCCOCn2cc(COCc3ccccn3)nn2)C(O)C(O)C1O.OCC1OC(OCCCOCn2cc(COCc3ccccn3)nn2)C(O)C(O)C1O.OCC1OC(SCCCOCn2cc(COCc3ccccn3)nn2)C(O)C(O)C1O. The number of hydrogen-bond acceptors (Lipinski definition) is 44. The van der Waals surface area contributed by atoms with E-state index in [4.69, 9.17) is 76.5 Å². The standard InChI is InChI=1S/C19H29N5O7.2C19H28N4O8.C19H28N4O7S/c25-9-15-16(26)17(27)18(28)19(31-15)21-6-3-7-29-12-24-8-14(22-23-24)11-30-10-13-4-1-2-5-20-13;2*24-9-15-16(25)17(26)18(27)19(31-15)30-7-3-6-28-12-23-8-14(21-22-23)11-29-10-13-4-1-2-5-20-13;24-9-15-16(25)17(26)18(27)19(30-15)31-7-3-6-28-12-23-8-14(21-22-23)11-29-10-13-4-1-2-5-20-13/h1-2,4-5,8,15-19,21,25-28H,3,6-7,9-12H2;3*1-2,4-5,8,15-19,24-27H,3,6-7,9-12H2. The van der Waals surface area contributed by atoms with Crippen molar-refractivity contribution < 1.29 is 148 Å². The molecule has 0 aromatic carbocycles. The molecule has 20 unspecified atom stereocenters. The van der Waals surface area contributed by atoms with Gasteiger partial charge in [-0.15, -0.1) is 32.2 Å². The van der Waals surface area contributed by atoms with Crippen molar-refractivity contribution >= 4 is 11.8 Å². The zero-order valence-electron chi connectivity index (χ0n) is 67.8. The number of aliphatic hydroxyl groups is 16. The zero-order valence-corrected chi connectivity index (χ0v) is 68.6. The van der Waals surface area contributed by atoms with Crippen LogP contribution in [0.15, 0.2) is 122 Å². The first-order chi connectivity index (χ1) is 60.3. The van der Waals surface area contributed by atoms with E-state index in [0.717, 1.165) is 22.8 Å². The van der Waals surface area contributed by atoms with Gasteiger partial charge in [-0.1, -0.05) is 45.1 Å². The van der Waals surface area contributed by atoms with Crippen LogP contribution in [0.25, 0.3) is 0 Å². The van der Waals surface area contributed by atoms with Crippen molar-refractivity contribution in [3.05, 3.63) is 168 Å². The average molecular weight is 1780 g/mol. The monoisotopic (exact) mass is 1780 g/mol. The number of pyridine rings is 4. The molecule has 12 rings (SSSR count). The summed E-state index contributed by atoms with van der Waals surface area (Å²) in [4.78, 5) is 16.7. The van der Waals surface area contributed by atoms with E-state index in [1.807, 2.05) is 72.8 Å². The highest BCUT2D eigenvalue weighted by atomic mass is 32.2. The lowest BCUT2D eigenvalue weighted by Crippen LogP contribution is -2.62. The Kier molecular flexibility index (Phi) is 45.0. The molecule has 124 heavy (non-hydrogen) atoms. The smallest absolute Gasteiger partial charge is 0.186 e. The van der Waals surface area contributed by atoms with Gasteiger partial charge in [0.15, 0.2) is 12.6 Å². The van der Waals surface area contributed by atoms with Crippen LogP contribution in [0.3, 0.4) is 0 Å². The summed E-state index contributed by atoms with van der Waals surface area (Å²) in [7, 11) is 0. The van der Waals surface area contributed by atoms with Crippen molar-refractivity contribution in [2.45, 2.75) is 227 Å². The fourth-order valence-electron chi connectivity index (χ4n) is 11.9. The Hall–Kier alpha value is -7.73. The molecule has 0 radical (unpaired) electrons. The van der Waals surface area contributed by atoms with E-state index in [0.29, 0.717) is 140 Å². The van der Waals surface area contributed by atoms with E-state index in [1.54, 1.807) is 58.9 Å². The lowest BCUT2D eigenvalue weighted by molar-refractivity contribution is -0.301. The lowest BCUT2D eigenvalue weighted by Gasteiger charge is -2.40. The van der Waals surface area contributed by atoms with Crippen LogP contribution in [0.1, 0.15) is 71.2 Å². The molecule has 17 N–H and O–H groups in total. The number of nitrogens with zero attached hydrogens (tertiary/aromatic N) is 16. The molecule has 0 spiro atoms. The summed E-state index contributed by atoms with van der Waals surface area (Å²) in [5.41, 5.74) is 5.36. The van der Waals surface area contributed by atoms with E-state index < -0.39 is 148 Å². The van der Waals surface area contributed by atoms with Gasteiger partial charge >= 0.3 is 0 Å². The minimum absolute atomic E-state index is 0.187. The molecule has 688 valence electrons. The summed E-state index contributed by atoms with van der Waals surface area (Å²) >= 11 is 1.30. The second-order valence-corrected chi connectivity index (χ2v) is 29.4. The van der Waals surface area contributed by atoms with Crippen molar-refractivity contribution in [1.82, 2.24) is 85.2 Å². The lowest BCUT2D eigenvalue weighted by atomic mass is 9.98. The highest BCUT2D eigenvalue weighted by Gasteiger charge is 2.47. The maximum Gasteiger partial charge on any atom is 0.186 e. The third kappa shape index (κ3) is 33.8. The molecular formula is C76H113N17O30S. The molecule has 0 amide bonds. The molecule has 47 nitrogen and oxygen atoms in total. The number of rotatable bonds is 48. The summed E-state index contributed by atoms with van der Waals surface area (Å²) < 4.78 is 82.7. The number of ether oxygens (including phenoxy) is 14. The quantitative estimate of drug-likeness (QED) is 0.0158. The van der Waals surface area contributed by atoms with Gasteiger partial charge in [-0.2, -0.15) is 0 Å². The minimum Gasteiger partial charge on any atom is -0.394 e. The van der Waals surface area contributed by atoms with Crippen molar-refractivity contribution in [3.8, 4) is 0 Å². The third-order valence-corrected chi connectivity index (χ3v) is 19.8. The van der Waals surface area contributed by atoms with Crippen LogP contribution in [-0.4, -0.2) is 362 Å². The summed E-state index contributed by atoms with van der Waals surface area (Å²) in [6, 6.07) is 22.5. The molecule has 4 aliphatic heterocycles. The van der Waals surface area contributed by atoms with Crippen molar-refractivity contribution in [2.75, 3.05) is 78.4 Å². The fraction of sp³-hybridized carbons (Fsp3) is 0.632. The number of aliphatic hydroxyl groups excluding tert-OH is 16. The van der Waals surface area contributed by atoms with Gasteiger partial charge in [0.2, 0.25) is 0 Å². The second-order valence-electron chi connectivity index (χ2n) is 28.2. The van der Waals surface area contributed by atoms with Crippen LogP contribution < -0.4 is 5.32 Å². The molecule has 8 aromatic heterocycles. The molecule has 12 heterocycles. The Labute approximate surface area is 715 Å². The second kappa shape index (κ2) is 55.8. The zero-order chi connectivity index (χ0) is 88.2. The number of thioether (sulfide) groups is 1. The number of nitrogens with one attached hydrogen (secondary N) is 1. The molecule has 0 bridgehead atoms. The highest BCUT2D eigenvalue weighted by molar-refractivity contribution is 7.99. The van der Waals surface area contributed by atoms with E-state index >= 15 is 0 Å². The van der Waals surface area contributed by atoms with Gasteiger partial charge in [0.1, 0.15) is 159 Å². The van der Waals surface area contributed by atoms with E-state index in [-0.39, 0.29) is 40.1 Å². The van der Waals surface area contributed by atoms with Crippen LogP contribution in [-0.2, 0) is 146 Å². The van der Waals surface area contributed by atoms with E-state index in [9.17, 15) is 71.5 Å². The third-order valence-electron chi connectivity index (χ3n) is 18.5. The van der Waals surface area contributed by atoms with Crippen LogP contribution in [0.4, 0.5) is 0 Å². The van der Waals surface area contributed by atoms with Crippen molar-refractivity contribution in [2.24, 2.45) is 0 Å². The molecule has 4 aliphatic rings. The molecule has 0 aliphatic carbocycles.